The number of hydrogen-bond donors (Lipinski definition) is 1. The maximum absolute atomic E-state index is 9.27. The van der Waals surface area contributed by atoms with Crippen LogP contribution in [0.25, 0.3) is 0 Å². The van der Waals surface area contributed by atoms with Crippen molar-refractivity contribution in [2.75, 3.05) is 0 Å². The van der Waals surface area contributed by atoms with E-state index in [4.69, 9.17) is 0 Å². The van der Waals surface area contributed by atoms with Gasteiger partial charge in [0.25, 0.3) is 0 Å². The molecular weight excluding hydrogens is 160 g/mol. The van der Waals surface area contributed by atoms with Crippen molar-refractivity contribution in [3.05, 3.63) is 34.4 Å². The van der Waals surface area contributed by atoms with Crippen molar-refractivity contribution in [2.24, 2.45) is 0 Å². The summed E-state index contributed by atoms with van der Waals surface area (Å²) in [6, 6.07) is 4.25. The van der Waals surface area contributed by atoms with E-state index in [0.29, 0.717) is 5.92 Å². The van der Waals surface area contributed by atoms with Crippen LogP contribution in [0.1, 0.15) is 42.0 Å². The van der Waals surface area contributed by atoms with Gasteiger partial charge < -0.3 is 5.11 Å². The second-order valence-corrected chi connectivity index (χ2v) is 3.89. The first-order valence-corrected chi connectivity index (χ1v) is 4.77. The molecule has 0 fully saturated rings. The Morgan fingerprint density at radius 2 is 1.85 bits per heavy atom. The van der Waals surface area contributed by atoms with E-state index in [1.165, 1.54) is 16.7 Å². The Kier molecular flexibility index (Phi) is 3.10. The SMILES string of the molecule is Cc1ccc(C(C)C)c(CO)c1C. The molecule has 1 heteroatoms. The summed E-state index contributed by atoms with van der Waals surface area (Å²) in [6.45, 7) is 8.62. The van der Waals surface area contributed by atoms with E-state index in [2.05, 4.69) is 39.8 Å². The van der Waals surface area contributed by atoms with E-state index >= 15 is 0 Å². The molecule has 0 unspecified atom stereocenters. The van der Waals surface area contributed by atoms with E-state index in [1.807, 2.05) is 0 Å². The molecule has 0 saturated carbocycles. The molecule has 13 heavy (non-hydrogen) atoms. The van der Waals surface area contributed by atoms with Crippen molar-refractivity contribution in [2.45, 2.75) is 40.2 Å². The largest absolute Gasteiger partial charge is 0.392 e. The molecular formula is C12H18O. The smallest absolute Gasteiger partial charge is 0.0687 e. The van der Waals surface area contributed by atoms with Gasteiger partial charge in [0.15, 0.2) is 0 Å². The highest BCUT2D eigenvalue weighted by Crippen LogP contribution is 2.24. The second kappa shape index (κ2) is 3.93. The fourth-order valence-corrected chi connectivity index (χ4v) is 1.65. The van der Waals surface area contributed by atoms with Gasteiger partial charge in [0.05, 0.1) is 6.61 Å². The van der Waals surface area contributed by atoms with Crippen LogP contribution >= 0.6 is 0 Å². The Labute approximate surface area is 80.4 Å². The average molecular weight is 178 g/mol. The summed E-state index contributed by atoms with van der Waals surface area (Å²) in [5, 5.41) is 9.27. The molecule has 0 atom stereocenters. The number of rotatable bonds is 2. The minimum atomic E-state index is 0.154. The van der Waals surface area contributed by atoms with E-state index in [0.717, 1.165) is 5.56 Å². The molecule has 1 nitrogen and oxygen atoms in total. The average Bonchev–Trinajstić information content (AvgIpc) is 2.09. The van der Waals surface area contributed by atoms with Crippen molar-refractivity contribution in [3.8, 4) is 0 Å². The van der Waals surface area contributed by atoms with Gasteiger partial charge in [-0.15, -0.1) is 0 Å². The van der Waals surface area contributed by atoms with Crippen LogP contribution in [0.15, 0.2) is 12.1 Å². The molecule has 0 aliphatic carbocycles. The number of hydrogen-bond acceptors (Lipinski definition) is 1. The maximum Gasteiger partial charge on any atom is 0.0687 e. The summed E-state index contributed by atoms with van der Waals surface area (Å²) in [7, 11) is 0. The quantitative estimate of drug-likeness (QED) is 0.738. The second-order valence-electron chi connectivity index (χ2n) is 3.89. The summed E-state index contributed by atoms with van der Waals surface area (Å²) < 4.78 is 0. The molecule has 0 bridgehead atoms. The molecule has 0 saturated heterocycles. The van der Waals surface area contributed by atoms with Crippen molar-refractivity contribution in [1.29, 1.82) is 0 Å². The highest BCUT2D eigenvalue weighted by Gasteiger charge is 2.09. The summed E-state index contributed by atoms with van der Waals surface area (Å²) in [4.78, 5) is 0. The molecule has 0 radical (unpaired) electrons. The summed E-state index contributed by atoms with van der Waals surface area (Å²) >= 11 is 0. The summed E-state index contributed by atoms with van der Waals surface area (Å²) in [5.74, 6) is 0.487. The summed E-state index contributed by atoms with van der Waals surface area (Å²) in [5.41, 5.74) is 4.86. The van der Waals surface area contributed by atoms with Gasteiger partial charge in [0, 0.05) is 0 Å². The minimum Gasteiger partial charge on any atom is -0.392 e. The maximum atomic E-state index is 9.27. The lowest BCUT2D eigenvalue weighted by Crippen LogP contribution is -2.00. The van der Waals surface area contributed by atoms with Gasteiger partial charge in [0.1, 0.15) is 0 Å². The molecule has 0 amide bonds. The van der Waals surface area contributed by atoms with Gasteiger partial charge in [-0.1, -0.05) is 26.0 Å². The third-order valence-corrected chi connectivity index (χ3v) is 2.69. The van der Waals surface area contributed by atoms with Crippen LogP contribution < -0.4 is 0 Å². The van der Waals surface area contributed by atoms with Crippen LogP contribution in [0.2, 0.25) is 0 Å². The molecule has 1 rings (SSSR count). The van der Waals surface area contributed by atoms with Gasteiger partial charge in [-0.3, -0.25) is 0 Å². The number of aliphatic hydroxyl groups excluding tert-OH is 1. The first-order valence-electron chi connectivity index (χ1n) is 4.77. The zero-order valence-corrected chi connectivity index (χ0v) is 8.89. The van der Waals surface area contributed by atoms with Crippen LogP contribution in [0.5, 0.6) is 0 Å². The Morgan fingerprint density at radius 3 is 2.31 bits per heavy atom. The molecule has 1 aromatic rings. The predicted octanol–water partition coefficient (Wildman–Crippen LogP) is 2.92. The fraction of sp³-hybridized carbons (Fsp3) is 0.500. The first kappa shape index (κ1) is 10.3. The van der Waals surface area contributed by atoms with Crippen LogP contribution in [0.3, 0.4) is 0 Å². The molecule has 0 heterocycles. The summed E-state index contributed by atoms with van der Waals surface area (Å²) in [6.07, 6.45) is 0. The Morgan fingerprint density at radius 1 is 1.23 bits per heavy atom. The van der Waals surface area contributed by atoms with E-state index in [-0.39, 0.29) is 6.61 Å². The van der Waals surface area contributed by atoms with Gasteiger partial charge in [-0.05, 0) is 42.0 Å². The number of aliphatic hydroxyl groups is 1. The van der Waals surface area contributed by atoms with Crippen molar-refractivity contribution >= 4 is 0 Å². The highest BCUT2D eigenvalue weighted by molar-refractivity contribution is 5.40. The number of benzene rings is 1. The van der Waals surface area contributed by atoms with Gasteiger partial charge in [-0.25, -0.2) is 0 Å². The molecule has 0 spiro atoms. The Hall–Kier alpha value is -0.820. The molecule has 0 aliphatic heterocycles. The topological polar surface area (TPSA) is 20.2 Å². The Bertz CT molecular complexity index is 300. The van der Waals surface area contributed by atoms with Crippen LogP contribution in [-0.4, -0.2) is 5.11 Å². The third-order valence-electron chi connectivity index (χ3n) is 2.69. The standard InChI is InChI=1S/C12H18O/c1-8(2)11-6-5-9(3)10(4)12(11)7-13/h5-6,8,13H,7H2,1-4H3. The van der Waals surface area contributed by atoms with Crippen LogP contribution in [-0.2, 0) is 6.61 Å². The fourth-order valence-electron chi connectivity index (χ4n) is 1.65. The predicted molar refractivity (Wildman–Crippen MR) is 55.9 cm³/mol. The third kappa shape index (κ3) is 1.92. The first-order chi connectivity index (χ1) is 6.07. The zero-order valence-electron chi connectivity index (χ0n) is 8.89. The van der Waals surface area contributed by atoms with Crippen molar-refractivity contribution in [3.63, 3.8) is 0 Å². The lowest BCUT2D eigenvalue weighted by molar-refractivity contribution is 0.279. The Balaban J connectivity index is 3.30. The lowest BCUT2D eigenvalue weighted by Gasteiger charge is -2.15. The molecule has 0 aromatic heterocycles. The van der Waals surface area contributed by atoms with Gasteiger partial charge in [0.2, 0.25) is 0 Å². The lowest BCUT2D eigenvalue weighted by atomic mass is 9.92. The van der Waals surface area contributed by atoms with Crippen LogP contribution in [0, 0.1) is 13.8 Å². The molecule has 1 N–H and O–H groups in total. The molecule has 1 aromatic carbocycles. The highest BCUT2D eigenvalue weighted by atomic mass is 16.3. The monoisotopic (exact) mass is 178 g/mol. The van der Waals surface area contributed by atoms with E-state index in [1.54, 1.807) is 0 Å². The van der Waals surface area contributed by atoms with Crippen molar-refractivity contribution in [1.82, 2.24) is 0 Å². The van der Waals surface area contributed by atoms with Crippen molar-refractivity contribution < 1.29 is 5.11 Å². The normalized spacial score (nSPS) is 10.9. The minimum absolute atomic E-state index is 0.154. The molecule has 72 valence electrons. The van der Waals surface area contributed by atoms with Gasteiger partial charge in [-0.2, -0.15) is 0 Å². The number of aryl methyl sites for hydroxylation is 1. The van der Waals surface area contributed by atoms with E-state index in [9.17, 15) is 5.11 Å². The van der Waals surface area contributed by atoms with E-state index < -0.39 is 0 Å². The molecule has 0 aliphatic rings. The van der Waals surface area contributed by atoms with Gasteiger partial charge >= 0.3 is 0 Å². The zero-order chi connectivity index (χ0) is 10.0. The van der Waals surface area contributed by atoms with Crippen LogP contribution in [0.4, 0.5) is 0 Å².